The molecule has 0 radical (unpaired) electrons. The van der Waals surface area contributed by atoms with Crippen LogP contribution in [0.1, 0.15) is 25.7 Å². The van der Waals surface area contributed by atoms with E-state index in [9.17, 15) is 0 Å². The summed E-state index contributed by atoms with van der Waals surface area (Å²) in [6.07, 6.45) is 5.21. The van der Waals surface area contributed by atoms with Crippen molar-refractivity contribution in [2.75, 3.05) is 26.4 Å². The van der Waals surface area contributed by atoms with Gasteiger partial charge in [-0.25, -0.2) is 0 Å². The smallest absolute Gasteiger partial charge is 0.0581 e. The van der Waals surface area contributed by atoms with E-state index >= 15 is 0 Å². The summed E-state index contributed by atoms with van der Waals surface area (Å²) in [5.74, 6) is 1.47. The molecule has 1 saturated heterocycles. The maximum Gasteiger partial charge on any atom is 0.0581 e. The van der Waals surface area contributed by atoms with Crippen LogP contribution in [-0.2, 0) is 9.47 Å². The Hall–Kier alpha value is -0.120. The highest BCUT2D eigenvalue weighted by atomic mass is 16.5. The highest BCUT2D eigenvalue weighted by Crippen LogP contribution is 2.30. The van der Waals surface area contributed by atoms with Crippen LogP contribution >= 0.6 is 0 Å². The molecular formula is C11H21NO2. The van der Waals surface area contributed by atoms with Crippen LogP contribution in [0.2, 0.25) is 0 Å². The van der Waals surface area contributed by atoms with Gasteiger partial charge >= 0.3 is 0 Å². The molecule has 2 aliphatic rings. The van der Waals surface area contributed by atoms with Crippen molar-refractivity contribution in [2.24, 2.45) is 17.6 Å². The van der Waals surface area contributed by atoms with Gasteiger partial charge in [-0.3, -0.25) is 0 Å². The van der Waals surface area contributed by atoms with Crippen LogP contribution in [0.5, 0.6) is 0 Å². The molecule has 3 nitrogen and oxygen atoms in total. The molecule has 1 heterocycles. The van der Waals surface area contributed by atoms with Crippen molar-refractivity contribution >= 4 is 0 Å². The Kier molecular flexibility index (Phi) is 3.79. The van der Waals surface area contributed by atoms with Gasteiger partial charge in [-0.1, -0.05) is 0 Å². The van der Waals surface area contributed by atoms with Crippen molar-refractivity contribution in [1.82, 2.24) is 0 Å². The van der Waals surface area contributed by atoms with E-state index in [-0.39, 0.29) is 0 Å². The first-order valence-electron chi connectivity index (χ1n) is 5.78. The Morgan fingerprint density at radius 1 is 1.14 bits per heavy atom. The van der Waals surface area contributed by atoms with E-state index in [1.807, 2.05) is 0 Å². The average molecular weight is 199 g/mol. The molecule has 0 atom stereocenters. The Morgan fingerprint density at radius 2 is 1.86 bits per heavy atom. The van der Waals surface area contributed by atoms with Gasteiger partial charge in [0.2, 0.25) is 0 Å². The Balaban J connectivity index is 1.54. The van der Waals surface area contributed by atoms with E-state index in [1.54, 1.807) is 0 Å². The van der Waals surface area contributed by atoms with Crippen molar-refractivity contribution in [3.8, 4) is 0 Å². The Bertz CT molecular complexity index is 163. The maximum absolute atomic E-state index is 5.84. The first-order chi connectivity index (χ1) is 6.88. The van der Waals surface area contributed by atoms with Crippen LogP contribution < -0.4 is 5.73 Å². The summed E-state index contributed by atoms with van der Waals surface area (Å²) in [5, 5.41) is 0. The van der Waals surface area contributed by atoms with Crippen molar-refractivity contribution in [1.29, 1.82) is 0 Å². The largest absolute Gasteiger partial charge is 0.381 e. The van der Waals surface area contributed by atoms with Crippen LogP contribution in [0.4, 0.5) is 0 Å². The summed E-state index contributed by atoms with van der Waals surface area (Å²) in [4.78, 5) is 0. The van der Waals surface area contributed by atoms with E-state index in [2.05, 4.69) is 0 Å². The molecule has 0 aromatic heterocycles. The molecule has 82 valence electrons. The fraction of sp³-hybridized carbons (Fsp3) is 1.00. The van der Waals surface area contributed by atoms with E-state index < -0.39 is 0 Å². The van der Waals surface area contributed by atoms with Crippen molar-refractivity contribution in [3.63, 3.8) is 0 Å². The fourth-order valence-electron chi connectivity index (χ4n) is 2.19. The molecule has 1 aliphatic heterocycles. The normalized spacial score (nSPS) is 34.1. The van der Waals surface area contributed by atoms with Gasteiger partial charge in [-0.05, 0) is 44.1 Å². The lowest BCUT2D eigenvalue weighted by Gasteiger charge is -2.35. The number of rotatable bonds is 4. The first kappa shape index (κ1) is 10.4. The molecule has 0 spiro atoms. The van der Waals surface area contributed by atoms with Crippen LogP contribution in [0.15, 0.2) is 0 Å². The van der Waals surface area contributed by atoms with E-state index in [0.717, 1.165) is 38.2 Å². The second-order valence-corrected chi connectivity index (χ2v) is 4.58. The lowest BCUT2D eigenvalue weighted by molar-refractivity contribution is -0.0587. The van der Waals surface area contributed by atoms with Gasteiger partial charge in [-0.2, -0.15) is 0 Å². The van der Waals surface area contributed by atoms with E-state index in [0.29, 0.717) is 6.10 Å². The van der Waals surface area contributed by atoms with Crippen molar-refractivity contribution in [3.05, 3.63) is 0 Å². The zero-order valence-corrected chi connectivity index (χ0v) is 8.78. The van der Waals surface area contributed by atoms with Crippen LogP contribution in [0.25, 0.3) is 0 Å². The third kappa shape index (κ3) is 2.69. The zero-order valence-electron chi connectivity index (χ0n) is 8.78. The van der Waals surface area contributed by atoms with E-state index in [1.165, 1.54) is 25.7 Å². The molecule has 0 unspecified atom stereocenters. The molecule has 2 fully saturated rings. The lowest BCUT2D eigenvalue weighted by Crippen LogP contribution is -2.37. The molecule has 0 aromatic carbocycles. The van der Waals surface area contributed by atoms with Crippen LogP contribution in [-0.4, -0.2) is 32.5 Å². The second-order valence-electron chi connectivity index (χ2n) is 4.58. The Labute approximate surface area is 85.9 Å². The standard InChI is InChI=1S/C11H21NO2/c12-7-10-5-11(6-10)14-8-9-1-3-13-4-2-9/h9-11H,1-8,12H2. The number of nitrogens with two attached hydrogens (primary N) is 1. The number of hydrogen-bond donors (Lipinski definition) is 1. The first-order valence-corrected chi connectivity index (χ1v) is 5.78. The molecule has 0 bridgehead atoms. The third-order valence-electron chi connectivity index (χ3n) is 3.43. The fourth-order valence-corrected chi connectivity index (χ4v) is 2.19. The molecule has 1 aliphatic carbocycles. The second kappa shape index (κ2) is 5.10. The van der Waals surface area contributed by atoms with Crippen LogP contribution in [0.3, 0.4) is 0 Å². The molecular weight excluding hydrogens is 178 g/mol. The molecule has 2 rings (SSSR count). The minimum absolute atomic E-state index is 0.506. The van der Waals surface area contributed by atoms with Gasteiger partial charge in [0, 0.05) is 19.8 Å². The molecule has 0 aromatic rings. The monoisotopic (exact) mass is 199 g/mol. The lowest BCUT2D eigenvalue weighted by atomic mass is 9.82. The van der Waals surface area contributed by atoms with Crippen molar-refractivity contribution in [2.45, 2.75) is 31.8 Å². The third-order valence-corrected chi connectivity index (χ3v) is 3.43. The van der Waals surface area contributed by atoms with E-state index in [4.69, 9.17) is 15.2 Å². The maximum atomic E-state index is 5.84. The molecule has 1 saturated carbocycles. The SMILES string of the molecule is NCC1CC(OCC2CCOCC2)C1. The van der Waals surface area contributed by atoms with Crippen molar-refractivity contribution < 1.29 is 9.47 Å². The topological polar surface area (TPSA) is 44.5 Å². The number of ether oxygens (including phenoxy) is 2. The van der Waals surface area contributed by atoms with Gasteiger partial charge in [0.05, 0.1) is 6.10 Å². The minimum atomic E-state index is 0.506. The predicted octanol–water partition coefficient (Wildman–Crippen LogP) is 1.17. The van der Waals surface area contributed by atoms with Gasteiger partial charge < -0.3 is 15.2 Å². The highest BCUT2D eigenvalue weighted by molar-refractivity contribution is 4.81. The molecule has 3 heteroatoms. The summed E-state index contributed by atoms with van der Waals surface area (Å²) in [6.45, 7) is 3.61. The van der Waals surface area contributed by atoms with Crippen LogP contribution in [0, 0.1) is 11.8 Å². The summed E-state index contributed by atoms with van der Waals surface area (Å²) in [7, 11) is 0. The summed E-state index contributed by atoms with van der Waals surface area (Å²) in [5.41, 5.74) is 5.56. The molecule has 2 N–H and O–H groups in total. The van der Waals surface area contributed by atoms with Gasteiger partial charge in [0.15, 0.2) is 0 Å². The quantitative estimate of drug-likeness (QED) is 0.739. The highest BCUT2D eigenvalue weighted by Gasteiger charge is 2.29. The minimum Gasteiger partial charge on any atom is -0.381 e. The predicted molar refractivity (Wildman–Crippen MR) is 55.1 cm³/mol. The van der Waals surface area contributed by atoms with Gasteiger partial charge in [-0.15, -0.1) is 0 Å². The summed E-state index contributed by atoms with van der Waals surface area (Å²) < 4.78 is 11.1. The Morgan fingerprint density at radius 3 is 2.50 bits per heavy atom. The molecule has 0 amide bonds. The zero-order chi connectivity index (χ0) is 9.80. The van der Waals surface area contributed by atoms with Gasteiger partial charge in [0.1, 0.15) is 0 Å². The summed E-state index contributed by atoms with van der Waals surface area (Å²) in [6, 6.07) is 0. The summed E-state index contributed by atoms with van der Waals surface area (Å²) >= 11 is 0. The van der Waals surface area contributed by atoms with Gasteiger partial charge in [0.25, 0.3) is 0 Å². The average Bonchev–Trinajstić information content (AvgIpc) is 2.17. The molecule has 14 heavy (non-hydrogen) atoms. The number of hydrogen-bond acceptors (Lipinski definition) is 3.